The van der Waals surface area contributed by atoms with Gasteiger partial charge in [-0.15, -0.1) is 11.8 Å². The molecule has 1 unspecified atom stereocenters. The van der Waals surface area contributed by atoms with Crippen molar-refractivity contribution in [3.63, 3.8) is 0 Å². The largest absolute Gasteiger partial charge is 0.507 e. The van der Waals surface area contributed by atoms with E-state index in [0.29, 0.717) is 23.1 Å². The van der Waals surface area contributed by atoms with E-state index in [1.54, 1.807) is 18.2 Å². The van der Waals surface area contributed by atoms with E-state index >= 15 is 0 Å². The van der Waals surface area contributed by atoms with Crippen LogP contribution in [0.5, 0.6) is 11.5 Å². The number of phenolic OH excluding ortho intramolecular Hbond substituents is 1. The van der Waals surface area contributed by atoms with Crippen molar-refractivity contribution >= 4 is 34.4 Å². The Bertz CT molecular complexity index is 1450. The maximum absolute atomic E-state index is 12.9. The van der Waals surface area contributed by atoms with Crippen LogP contribution in [0.3, 0.4) is 0 Å². The molecule has 0 saturated carbocycles. The molecule has 1 fully saturated rings. The minimum atomic E-state index is -0.444. The second-order valence-corrected chi connectivity index (χ2v) is 11.5. The average molecular weight is 585 g/mol. The summed E-state index contributed by atoms with van der Waals surface area (Å²) in [5, 5.41) is 15.0. The summed E-state index contributed by atoms with van der Waals surface area (Å²) in [5.41, 5.74) is 2.56. The summed E-state index contributed by atoms with van der Waals surface area (Å²) < 4.78 is 5.23. The molecule has 218 valence electrons. The van der Waals surface area contributed by atoms with Crippen molar-refractivity contribution in [3.05, 3.63) is 102 Å². The number of piperazine rings is 1. The first kappa shape index (κ1) is 29.6. The third kappa shape index (κ3) is 7.67. The number of hydrogen-bond acceptors (Lipinski definition) is 8. The van der Waals surface area contributed by atoms with Crippen LogP contribution in [0.2, 0.25) is 0 Å². The van der Waals surface area contributed by atoms with Gasteiger partial charge in [0.15, 0.2) is 0 Å². The minimum absolute atomic E-state index is 0.149. The second-order valence-electron chi connectivity index (χ2n) is 10.3. The fourth-order valence-corrected chi connectivity index (χ4v) is 6.44. The highest BCUT2D eigenvalue weighted by molar-refractivity contribution is 7.99. The van der Waals surface area contributed by atoms with E-state index in [2.05, 4.69) is 50.4 Å². The van der Waals surface area contributed by atoms with E-state index in [9.17, 15) is 14.7 Å². The number of aromatic nitrogens is 1. The zero-order chi connectivity index (χ0) is 29.3. The van der Waals surface area contributed by atoms with Crippen LogP contribution in [-0.2, 0) is 4.79 Å². The Morgan fingerprint density at radius 1 is 0.952 bits per heavy atom. The van der Waals surface area contributed by atoms with Crippen LogP contribution in [0.25, 0.3) is 10.8 Å². The number of esters is 1. The van der Waals surface area contributed by atoms with Gasteiger partial charge in [-0.2, -0.15) is 0 Å². The Morgan fingerprint density at radius 2 is 1.69 bits per heavy atom. The fraction of sp³-hybridized carbons (Fsp3) is 0.303. The summed E-state index contributed by atoms with van der Waals surface area (Å²) in [6.45, 7) is 7.45. The number of phenols is 1. The molecule has 1 atom stereocenters. The number of fused-ring (bicyclic) bond motifs is 1. The minimum Gasteiger partial charge on any atom is -0.507 e. The van der Waals surface area contributed by atoms with Crippen LogP contribution in [0.1, 0.15) is 33.8 Å². The predicted octanol–water partition coefficient (Wildman–Crippen LogP) is 4.74. The Morgan fingerprint density at radius 3 is 2.40 bits per heavy atom. The average Bonchev–Trinajstić information content (AvgIpc) is 3.00. The van der Waals surface area contributed by atoms with Gasteiger partial charge >= 0.3 is 5.97 Å². The van der Waals surface area contributed by atoms with E-state index in [1.165, 1.54) is 18.6 Å². The summed E-state index contributed by atoms with van der Waals surface area (Å²) in [6, 6.07) is 25.0. The normalized spacial score (nSPS) is 14.9. The highest BCUT2D eigenvalue weighted by Gasteiger charge is 2.20. The van der Waals surface area contributed by atoms with Gasteiger partial charge in [0, 0.05) is 70.1 Å². The van der Waals surface area contributed by atoms with Crippen LogP contribution in [0.15, 0.2) is 85.1 Å². The lowest BCUT2D eigenvalue weighted by molar-refractivity contribution is -0.131. The number of pyridine rings is 1. The molecule has 1 aromatic heterocycles. The van der Waals surface area contributed by atoms with Crippen LogP contribution in [-0.4, -0.2) is 83.3 Å². The van der Waals surface area contributed by atoms with Crippen LogP contribution >= 0.6 is 11.8 Å². The molecule has 1 amide bonds. The molecule has 0 radical (unpaired) electrons. The quantitative estimate of drug-likeness (QED) is 0.193. The van der Waals surface area contributed by atoms with E-state index in [4.69, 9.17) is 4.74 Å². The molecule has 2 N–H and O–H groups in total. The molecular formula is C33H36N4O4S. The number of amides is 1. The maximum Gasteiger partial charge on any atom is 0.308 e. The van der Waals surface area contributed by atoms with Crippen molar-refractivity contribution in [2.24, 2.45) is 0 Å². The molecule has 4 aromatic rings. The summed E-state index contributed by atoms with van der Waals surface area (Å²) in [6.07, 6.45) is 1.86. The highest BCUT2D eigenvalue weighted by Crippen LogP contribution is 2.34. The molecule has 3 aromatic carbocycles. The summed E-state index contributed by atoms with van der Waals surface area (Å²) in [5.74, 6) is 0.446. The molecule has 0 bridgehead atoms. The Kier molecular flexibility index (Phi) is 10.1. The molecule has 42 heavy (non-hydrogen) atoms. The molecular weight excluding hydrogens is 548 g/mol. The molecule has 8 nitrogen and oxygen atoms in total. The zero-order valence-electron chi connectivity index (χ0n) is 23.7. The van der Waals surface area contributed by atoms with Gasteiger partial charge in [0.25, 0.3) is 5.91 Å². The molecule has 9 heteroatoms. The van der Waals surface area contributed by atoms with Gasteiger partial charge < -0.3 is 15.2 Å². The SMILES string of the molecule is CC(=O)Oc1cccc2cc(C(=O)NCCN3CCN(CCSC(c4ccccc4)c4ccccn4)CC3)c(O)cc12. The molecule has 0 aliphatic carbocycles. The topological polar surface area (TPSA) is 95.0 Å². The van der Waals surface area contributed by atoms with E-state index in [1.807, 2.05) is 42.2 Å². The van der Waals surface area contributed by atoms with Gasteiger partial charge in [0.05, 0.1) is 16.5 Å². The molecule has 1 aliphatic heterocycles. The van der Waals surface area contributed by atoms with Gasteiger partial charge in [0.1, 0.15) is 11.5 Å². The summed E-state index contributed by atoms with van der Waals surface area (Å²) in [4.78, 5) is 33.7. The third-order valence-electron chi connectivity index (χ3n) is 7.38. The van der Waals surface area contributed by atoms with Crippen molar-refractivity contribution in [2.75, 3.05) is 51.6 Å². The molecule has 0 spiro atoms. The Balaban J connectivity index is 1.06. The third-order valence-corrected chi connectivity index (χ3v) is 8.65. The van der Waals surface area contributed by atoms with Crippen molar-refractivity contribution in [2.45, 2.75) is 12.2 Å². The number of hydrogen-bond donors (Lipinski definition) is 2. The van der Waals surface area contributed by atoms with Crippen molar-refractivity contribution in [1.82, 2.24) is 20.1 Å². The smallest absolute Gasteiger partial charge is 0.308 e. The van der Waals surface area contributed by atoms with E-state index in [0.717, 1.165) is 50.7 Å². The number of nitrogens with one attached hydrogen (secondary N) is 1. The van der Waals surface area contributed by atoms with Gasteiger partial charge in [-0.1, -0.05) is 48.5 Å². The lowest BCUT2D eigenvalue weighted by Crippen LogP contribution is -2.48. The highest BCUT2D eigenvalue weighted by atomic mass is 32.2. The maximum atomic E-state index is 12.9. The monoisotopic (exact) mass is 584 g/mol. The Hall–Kier alpha value is -3.92. The van der Waals surface area contributed by atoms with Crippen molar-refractivity contribution < 1.29 is 19.4 Å². The molecule has 1 aliphatic rings. The molecule has 1 saturated heterocycles. The number of benzene rings is 3. The number of carbonyl (C=O) groups excluding carboxylic acids is 2. The lowest BCUT2D eigenvalue weighted by Gasteiger charge is -2.34. The fourth-order valence-electron chi connectivity index (χ4n) is 5.18. The number of aromatic hydroxyl groups is 1. The zero-order valence-corrected chi connectivity index (χ0v) is 24.6. The first-order chi connectivity index (χ1) is 20.5. The van der Waals surface area contributed by atoms with Crippen LogP contribution in [0.4, 0.5) is 0 Å². The van der Waals surface area contributed by atoms with E-state index < -0.39 is 5.97 Å². The standard InChI is InChI=1S/C33H36N4O4S/c1-24(38)41-31-12-7-10-26-22-28(30(39)23-27(26)31)33(40)35-14-15-36-16-18-37(19-17-36)20-21-42-32(25-8-3-2-4-9-25)29-11-5-6-13-34-29/h2-13,22-23,32,39H,14-21H2,1H3,(H,35,40). The van der Waals surface area contributed by atoms with Gasteiger partial charge in [-0.3, -0.25) is 24.4 Å². The summed E-state index contributed by atoms with van der Waals surface area (Å²) in [7, 11) is 0. The molecule has 2 heterocycles. The van der Waals surface area contributed by atoms with Gasteiger partial charge in [-0.25, -0.2) is 0 Å². The second kappa shape index (κ2) is 14.3. The number of rotatable bonds is 11. The van der Waals surface area contributed by atoms with Crippen molar-refractivity contribution in [1.29, 1.82) is 0 Å². The number of nitrogens with zero attached hydrogens (tertiary/aromatic N) is 3. The lowest BCUT2D eigenvalue weighted by atomic mass is 10.0. The van der Waals surface area contributed by atoms with Crippen LogP contribution < -0.4 is 10.1 Å². The first-order valence-electron chi connectivity index (χ1n) is 14.2. The van der Waals surface area contributed by atoms with Crippen LogP contribution in [0, 0.1) is 0 Å². The Labute approximate surface area is 250 Å². The number of carbonyl (C=O) groups is 2. The van der Waals surface area contributed by atoms with E-state index in [-0.39, 0.29) is 22.5 Å². The van der Waals surface area contributed by atoms with Gasteiger partial charge in [0.2, 0.25) is 0 Å². The predicted molar refractivity (Wildman–Crippen MR) is 167 cm³/mol. The number of thioether (sulfide) groups is 1. The molecule has 5 rings (SSSR count). The first-order valence-corrected chi connectivity index (χ1v) is 15.3. The van der Waals surface area contributed by atoms with Gasteiger partial charge in [-0.05, 0) is 41.3 Å². The number of ether oxygens (including phenoxy) is 1. The van der Waals surface area contributed by atoms with Crippen molar-refractivity contribution in [3.8, 4) is 11.5 Å². The summed E-state index contributed by atoms with van der Waals surface area (Å²) >= 11 is 1.93.